The summed E-state index contributed by atoms with van der Waals surface area (Å²) in [7, 11) is 1.39. The number of esters is 1. The van der Waals surface area contributed by atoms with Crippen molar-refractivity contribution in [3.05, 3.63) is 35.9 Å². The third-order valence-electron chi connectivity index (χ3n) is 1.92. The number of benzene rings is 1. The van der Waals surface area contributed by atoms with Gasteiger partial charge in [-0.1, -0.05) is 24.3 Å². The molecule has 0 saturated carbocycles. The van der Waals surface area contributed by atoms with Crippen molar-refractivity contribution >= 4 is 23.8 Å². The van der Waals surface area contributed by atoms with E-state index in [1.54, 1.807) is 11.8 Å². The Hall–Kier alpha value is -1.22. The Morgan fingerprint density at radius 1 is 1.53 bits per heavy atom. The Balaban J connectivity index is 2.59. The van der Waals surface area contributed by atoms with E-state index in [1.165, 1.54) is 12.0 Å². The lowest BCUT2D eigenvalue weighted by atomic mass is 10.2. The van der Waals surface area contributed by atoms with Gasteiger partial charge in [-0.2, -0.15) is 0 Å². The first kappa shape index (κ1) is 11.9. The highest BCUT2D eigenvalue weighted by atomic mass is 32.2. The minimum absolute atomic E-state index is 0.215. The van der Waals surface area contributed by atoms with Crippen LogP contribution >= 0.6 is 11.8 Å². The van der Waals surface area contributed by atoms with Crippen molar-refractivity contribution < 1.29 is 9.53 Å². The highest BCUT2D eigenvalue weighted by Gasteiger charge is 1.94. The molecule has 0 aliphatic heterocycles. The van der Waals surface area contributed by atoms with Crippen molar-refractivity contribution in [2.45, 2.75) is 11.3 Å². The number of methoxy groups -OCH3 is 1. The van der Waals surface area contributed by atoms with Gasteiger partial charge >= 0.3 is 5.97 Å². The number of carbonyl (C=O) groups is 1. The molecule has 0 saturated heterocycles. The first-order chi connectivity index (χ1) is 7.26. The minimum atomic E-state index is -0.215. The third kappa shape index (κ3) is 4.21. The molecule has 0 aliphatic rings. The van der Waals surface area contributed by atoms with Gasteiger partial charge in [0.25, 0.3) is 0 Å². The van der Waals surface area contributed by atoms with Gasteiger partial charge < -0.3 is 4.74 Å². The zero-order valence-corrected chi connectivity index (χ0v) is 9.71. The van der Waals surface area contributed by atoms with Gasteiger partial charge in [-0.05, 0) is 24.0 Å². The first-order valence-electron chi connectivity index (χ1n) is 4.63. The van der Waals surface area contributed by atoms with Gasteiger partial charge in [0.15, 0.2) is 0 Å². The summed E-state index contributed by atoms with van der Waals surface area (Å²) in [5.74, 6) is -0.215. The Kier molecular flexibility index (Phi) is 4.98. The molecule has 0 spiro atoms. The molecule has 3 heteroatoms. The second-order valence-corrected chi connectivity index (χ2v) is 3.84. The van der Waals surface area contributed by atoms with E-state index >= 15 is 0 Å². The quantitative estimate of drug-likeness (QED) is 0.578. The zero-order chi connectivity index (χ0) is 11.1. The van der Waals surface area contributed by atoms with Gasteiger partial charge in [-0.25, -0.2) is 0 Å². The fourth-order valence-corrected chi connectivity index (χ4v) is 1.59. The van der Waals surface area contributed by atoms with E-state index in [2.05, 4.69) is 16.9 Å². The van der Waals surface area contributed by atoms with Gasteiger partial charge in [0.2, 0.25) is 0 Å². The summed E-state index contributed by atoms with van der Waals surface area (Å²) in [6.07, 6.45) is 6.10. The second kappa shape index (κ2) is 6.30. The van der Waals surface area contributed by atoms with Crippen LogP contribution in [0.5, 0.6) is 0 Å². The van der Waals surface area contributed by atoms with Crippen LogP contribution in [0.15, 0.2) is 35.2 Å². The van der Waals surface area contributed by atoms with Crippen LogP contribution in [-0.2, 0) is 9.53 Å². The molecule has 0 fully saturated rings. The fourth-order valence-electron chi connectivity index (χ4n) is 1.12. The highest BCUT2D eigenvalue weighted by Crippen LogP contribution is 2.16. The van der Waals surface area contributed by atoms with Crippen LogP contribution in [0.2, 0.25) is 0 Å². The van der Waals surface area contributed by atoms with Crippen molar-refractivity contribution in [2.75, 3.05) is 13.4 Å². The average Bonchev–Trinajstić information content (AvgIpc) is 2.29. The van der Waals surface area contributed by atoms with Crippen LogP contribution in [0.25, 0.3) is 6.08 Å². The van der Waals surface area contributed by atoms with Crippen LogP contribution in [-0.4, -0.2) is 19.3 Å². The first-order valence-corrected chi connectivity index (χ1v) is 5.86. The molecule has 0 unspecified atom stereocenters. The lowest BCUT2D eigenvalue weighted by Crippen LogP contribution is -1.96. The molecule has 0 aromatic heterocycles. The van der Waals surface area contributed by atoms with Crippen LogP contribution in [0.4, 0.5) is 0 Å². The molecule has 0 bridgehead atoms. The molecular formula is C12H14O2S. The molecule has 80 valence electrons. The minimum Gasteiger partial charge on any atom is -0.469 e. The Morgan fingerprint density at radius 2 is 2.33 bits per heavy atom. The number of ether oxygens (including phenoxy) is 1. The summed E-state index contributed by atoms with van der Waals surface area (Å²) in [6, 6.07) is 8.15. The van der Waals surface area contributed by atoms with Crippen molar-refractivity contribution in [2.24, 2.45) is 0 Å². The van der Waals surface area contributed by atoms with Crippen LogP contribution < -0.4 is 0 Å². The summed E-state index contributed by atoms with van der Waals surface area (Å²) in [5, 5.41) is 0. The molecule has 0 aliphatic carbocycles. The Morgan fingerprint density at radius 3 is 3.00 bits per heavy atom. The number of thioether (sulfide) groups is 1. The molecule has 0 N–H and O–H groups in total. The summed E-state index contributed by atoms with van der Waals surface area (Å²) >= 11 is 1.70. The normalized spacial score (nSPS) is 10.5. The Bertz CT molecular complexity index is 358. The van der Waals surface area contributed by atoms with Crippen molar-refractivity contribution in [1.82, 2.24) is 0 Å². The average molecular weight is 222 g/mol. The van der Waals surface area contributed by atoms with E-state index in [-0.39, 0.29) is 5.97 Å². The van der Waals surface area contributed by atoms with E-state index < -0.39 is 0 Å². The summed E-state index contributed by atoms with van der Waals surface area (Å²) in [4.78, 5) is 12.1. The maximum Gasteiger partial charge on any atom is 0.309 e. The molecule has 15 heavy (non-hydrogen) atoms. The molecule has 2 nitrogen and oxygen atoms in total. The molecule has 1 rings (SSSR count). The van der Waals surface area contributed by atoms with Crippen molar-refractivity contribution in [3.63, 3.8) is 0 Å². The smallest absolute Gasteiger partial charge is 0.309 e. The lowest BCUT2D eigenvalue weighted by molar-refractivity contribution is -0.139. The monoisotopic (exact) mass is 222 g/mol. The molecule has 0 heterocycles. The second-order valence-electron chi connectivity index (χ2n) is 2.96. The predicted molar refractivity (Wildman–Crippen MR) is 63.9 cm³/mol. The highest BCUT2D eigenvalue weighted by molar-refractivity contribution is 7.98. The third-order valence-corrected chi connectivity index (χ3v) is 2.64. The maximum absolute atomic E-state index is 10.8. The molecule has 0 radical (unpaired) electrons. The summed E-state index contributed by atoms with van der Waals surface area (Å²) in [6.45, 7) is 0. The summed E-state index contributed by atoms with van der Waals surface area (Å²) < 4.78 is 4.54. The van der Waals surface area contributed by atoms with Crippen LogP contribution in [0.3, 0.4) is 0 Å². The van der Waals surface area contributed by atoms with E-state index in [4.69, 9.17) is 0 Å². The largest absolute Gasteiger partial charge is 0.469 e. The van der Waals surface area contributed by atoms with E-state index in [9.17, 15) is 4.79 Å². The maximum atomic E-state index is 10.8. The van der Waals surface area contributed by atoms with Gasteiger partial charge in [-0.15, -0.1) is 11.8 Å². The predicted octanol–water partition coefficient (Wildman–Crippen LogP) is 2.98. The fraction of sp³-hybridized carbons (Fsp3) is 0.250. The van der Waals surface area contributed by atoms with Crippen LogP contribution in [0.1, 0.15) is 12.0 Å². The van der Waals surface area contributed by atoms with Gasteiger partial charge in [0.1, 0.15) is 0 Å². The number of rotatable bonds is 4. The standard InChI is InChI=1S/C12H14O2S/c1-14-12(13)8-4-6-10-5-3-7-11(9-10)15-2/h3-7,9H,8H2,1-2H3. The van der Waals surface area contributed by atoms with Gasteiger partial charge in [0, 0.05) is 4.90 Å². The summed E-state index contributed by atoms with van der Waals surface area (Å²) in [5.41, 5.74) is 1.10. The van der Waals surface area contributed by atoms with Crippen molar-refractivity contribution in [1.29, 1.82) is 0 Å². The van der Waals surface area contributed by atoms with Crippen molar-refractivity contribution in [3.8, 4) is 0 Å². The SMILES string of the molecule is COC(=O)CC=Cc1cccc(SC)c1. The van der Waals surface area contributed by atoms with E-state index in [0.29, 0.717) is 6.42 Å². The van der Waals surface area contributed by atoms with Crippen LogP contribution in [0, 0.1) is 0 Å². The molecule has 1 aromatic rings. The molecule has 0 atom stereocenters. The van der Waals surface area contributed by atoms with E-state index in [0.717, 1.165) is 5.56 Å². The van der Waals surface area contributed by atoms with Gasteiger partial charge in [0.05, 0.1) is 13.5 Å². The van der Waals surface area contributed by atoms with E-state index in [1.807, 2.05) is 30.5 Å². The zero-order valence-electron chi connectivity index (χ0n) is 8.90. The number of carbonyl (C=O) groups excluding carboxylic acids is 1. The lowest BCUT2D eigenvalue weighted by Gasteiger charge is -1.97. The van der Waals surface area contributed by atoms with Gasteiger partial charge in [-0.3, -0.25) is 4.79 Å². The number of hydrogen-bond acceptors (Lipinski definition) is 3. The topological polar surface area (TPSA) is 26.3 Å². The Labute approximate surface area is 94.3 Å². The molecule has 1 aromatic carbocycles. The number of hydrogen-bond donors (Lipinski definition) is 0. The molecular weight excluding hydrogens is 208 g/mol. The molecule has 0 amide bonds.